The minimum Gasteiger partial charge on any atom is -0.870 e. The molecule has 2 heteroatoms. The summed E-state index contributed by atoms with van der Waals surface area (Å²) in [6.45, 7) is 8.19. The molecule has 0 atom stereocenters. The van der Waals surface area contributed by atoms with Crippen LogP contribution in [0.15, 0.2) is 43.8 Å². The third-order valence-electron chi connectivity index (χ3n) is 1.49. The van der Waals surface area contributed by atoms with E-state index in [0.717, 1.165) is 12.1 Å². The van der Waals surface area contributed by atoms with Gasteiger partial charge in [0.15, 0.2) is 18.9 Å². The summed E-state index contributed by atoms with van der Waals surface area (Å²) in [5.41, 5.74) is 1.14. The Morgan fingerprint density at radius 2 is 1.83 bits per heavy atom. The molecule has 0 unspecified atom stereocenters. The highest BCUT2D eigenvalue weighted by Gasteiger charge is 1.93. The molecule has 0 bridgehead atoms. The van der Waals surface area contributed by atoms with Gasteiger partial charge in [-0.1, -0.05) is 19.2 Å². The van der Waals surface area contributed by atoms with Gasteiger partial charge in [-0.2, -0.15) is 0 Å². The van der Waals surface area contributed by atoms with Gasteiger partial charge in [-0.15, -0.1) is 0 Å². The van der Waals surface area contributed by atoms with Gasteiger partial charge in [0.2, 0.25) is 0 Å². The van der Waals surface area contributed by atoms with Crippen LogP contribution in [-0.2, 0) is 6.54 Å². The summed E-state index contributed by atoms with van der Waals surface area (Å²) in [6, 6.07) is 4.05. The smallest absolute Gasteiger partial charge is 0.169 e. The lowest BCUT2D eigenvalue weighted by atomic mass is 10.3. The van der Waals surface area contributed by atoms with Gasteiger partial charge in [0.25, 0.3) is 0 Å². The van der Waals surface area contributed by atoms with Gasteiger partial charge in [0.1, 0.15) is 0 Å². The number of hydrogen-bond donors (Lipinski definition) is 0. The second-order valence-corrected chi connectivity index (χ2v) is 2.32. The molecule has 0 amide bonds. The molecule has 1 aromatic heterocycles. The summed E-state index contributed by atoms with van der Waals surface area (Å²) in [6.07, 6.45) is 7.73. The molecule has 0 aromatic carbocycles. The third kappa shape index (κ3) is 2.68. The zero-order valence-corrected chi connectivity index (χ0v) is 6.98. The molecule has 1 N–H and O–H groups in total. The molecule has 12 heavy (non-hydrogen) atoms. The van der Waals surface area contributed by atoms with Crippen LogP contribution in [-0.4, -0.2) is 5.48 Å². The first-order valence-electron chi connectivity index (χ1n) is 3.59. The average Bonchev–Trinajstić information content (AvgIpc) is 2.07. The Labute approximate surface area is 72.8 Å². The van der Waals surface area contributed by atoms with Gasteiger partial charge in [0.05, 0.1) is 0 Å². The summed E-state index contributed by atoms with van der Waals surface area (Å²) in [5, 5.41) is 0. The van der Waals surface area contributed by atoms with Gasteiger partial charge >= 0.3 is 0 Å². The SMILES string of the molecule is C=CC[n+]1ccc(C=C)cc1.[OH-]. The van der Waals surface area contributed by atoms with Crippen molar-refractivity contribution in [2.24, 2.45) is 0 Å². The third-order valence-corrected chi connectivity index (χ3v) is 1.49. The standard InChI is InChI=1S/C10H12N.H2O/c1-3-7-11-8-5-10(4-2)6-9-11;/h3-6,8-9H,1-2,7H2;1H2/q+1;/p-1. The normalized spacial score (nSPS) is 8.33. The van der Waals surface area contributed by atoms with Crippen molar-refractivity contribution < 1.29 is 10.0 Å². The first kappa shape index (κ1) is 10.6. The van der Waals surface area contributed by atoms with Crippen molar-refractivity contribution in [2.75, 3.05) is 0 Å². The molecule has 1 heterocycles. The van der Waals surface area contributed by atoms with E-state index in [4.69, 9.17) is 0 Å². The van der Waals surface area contributed by atoms with Crippen molar-refractivity contribution in [1.29, 1.82) is 0 Å². The van der Waals surface area contributed by atoms with Gasteiger partial charge in [0, 0.05) is 12.1 Å². The van der Waals surface area contributed by atoms with E-state index in [2.05, 4.69) is 17.7 Å². The van der Waals surface area contributed by atoms with E-state index in [1.54, 1.807) is 0 Å². The van der Waals surface area contributed by atoms with Gasteiger partial charge in [-0.3, -0.25) is 0 Å². The Bertz CT molecular complexity index is 251. The number of aromatic nitrogens is 1. The van der Waals surface area contributed by atoms with E-state index in [1.165, 1.54) is 0 Å². The quantitative estimate of drug-likeness (QED) is 0.492. The highest BCUT2D eigenvalue weighted by atomic mass is 16.0. The Morgan fingerprint density at radius 3 is 2.25 bits per heavy atom. The lowest BCUT2D eigenvalue weighted by Crippen LogP contribution is -2.31. The van der Waals surface area contributed by atoms with E-state index in [-0.39, 0.29) is 5.48 Å². The largest absolute Gasteiger partial charge is 0.870 e. The molecule has 0 radical (unpaired) electrons. The molecule has 0 aliphatic carbocycles. The molecule has 0 fully saturated rings. The van der Waals surface area contributed by atoms with Crippen LogP contribution < -0.4 is 4.57 Å². The molecule has 1 rings (SSSR count). The van der Waals surface area contributed by atoms with Crippen molar-refractivity contribution in [1.82, 2.24) is 0 Å². The van der Waals surface area contributed by atoms with Crippen LogP contribution in [0.1, 0.15) is 5.56 Å². The minimum absolute atomic E-state index is 0. The van der Waals surface area contributed by atoms with E-state index >= 15 is 0 Å². The highest BCUT2D eigenvalue weighted by Crippen LogP contribution is 1.94. The predicted octanol–water partition coefficient (Wildman–Crippen LogP) is 1.63. The first-order chi connectivity index (χ1) is 5.36. The molecule has 64 valence electrons. The summed E-state index contributed by atoms with van der Waals surface area (Å²) in [5.74, 6) is 0. The molecule has 0 aliphatic heterocycles. The predicted molar refractivity (Wildman–Crippen MR) is 48.9 cm³/mol. The fraction of sp³-hybridized carbons (Fsp3) is 0.100. The molecule has 0 spiro atoms. The average molecular weight is 163 g/mol. The topological polar surface area (TPSA) is 33.9 Å². The van der Waals surface area contributed by atoms with Crippen molar-refractivity contribution in [2.45, 2.75) is 6.54 Å². The van der Waals surface area contributed by atoms with Crippen LogP contribution in [0.25, 0.3) is 6.08 Å². The van der Waals surface area contributed by atoms with Crippen LogP contribution >= 0.6 is 0 Å². The number of allylic oxidation sites excluding steroid dienone is 1. The van der Waals surface area contributed by atoms with Crippen molar-refractivity contribution in [3.8, 4) is 0 Å². The van der Waals surface area contributed by atoms with E-state index in [9.17, 15) is 0 Å². The van der Waals surface area contributed by atoms with Crippen molar-refractivity contribution >= 4 is 6.08 Å². The molecule has 2 nitrogen and oxygen atoms in total. The number of pyridine rings is 1. The zero-order valence-electron chi connectivity index (χ0n) is 6.98. The number of hydrogen-bond acceptors (Lipinski definition) is 1. The fourth-order valence-corrected chi connectivity index (χ4v) is 0.876. The summed E-state index contributed by atoms with van der Waals surface area (Å²) >= 11 is 0. The van der Waals surface area contributed by atoms with Gasteiger partial charge in [-0.05, 0) is 11.6 Å². The zero-order chi connectivity index (χ0) is 8.10. The monoisotopic (exact) mass is 163 g/mol. The maximum Gasteiger partial charge on any atom is 0.169 e. The van der Waals surface area contributed by atoms with Gasteiger partial charge < -0.3 is 5.48 Å². The molecule has 0 aliphatic rings. The van der Waals surface area contributed by atoms with Crippen LogP contribution in [0.2, 0.25) is 0 Å². The van der Waals surface area contributed by atoms with Crippen molar-refractivity contribution in [3.05, 3.63) is 49.3 Å². The first-order valence-corrected chi connectivity index (χ1v) is 3.59. The molecular weight excluding hydrogens is 150 g/mol. The van der Waals surface area contributed by atoms with E-state index < -0.39 is 0 Å². The van der Waals surface area contributed by atoms with Crippen LogP contribution in [0, 0.1) is 0 Å². The van der Waals surface area contributed by atoms with E-state index in [0.29, 0.717) is 0 Å². The Kier molecular flexibility index (Phi) is 4.65. The summed E-state index contributed by atoms with van der Waals surface area (Å²) in [4.78, 5) is 0. The Hall–Kier alpha value is -1.41. The second kappa shape index (κ2) is 5.27. The number of rotatable bonds is 3. The maximum atomic E-state index is 3.68. The van der Waals surface area contributed by atoms with Crippen LogP contribution in [0.3, 0.4) is 0 Å². The highest BCUT2D eigenvalue weighted by molar-refractivity contribution is 5.44. The minimum atomic E-state index is 0. The maximum absolute atomic E-state index is 3.68. The van der Waals surface area contributed by atoms with Crippen LogP contribution in [0.5, 0.6) is 0 Å². The van der Waals surface area contributed by atoms with E-state index in [1.807, 2.05) is 36.7 Å². The Balaban J connectivity index is 0.00000121. The summed E-state index contributed by atoms with van der Waals surface area (Å²) < 4.78 is 2.06. The lowest BCUT2D eigenvalue weighted by molar-refractivity contribution is -0.687. The Morgan fingerprint density at radius 1 is 1.25 bits per heavy atom. The fourth-order valence-electron chi connectivity index (χ4n) is 0.876. The number of nitrogens with zero attached hydrogens (tertiary/aromatic N) is 1. The molecular formula is C10H13NO. The van der Waals surface area contributed by atoms with Crippen LogP contribution in [0.4, 0.5) is 0 Å². The lowest BCUT2D eigenvalue weighted by Gasteiger charge is -1.91. The van der Waals surface area contributed by atoms with Crippen molar-refractivity contribution in [3.63, 3.8) is 0 Å². The second-order valence-electron chi connectivity index (χ2n) is 2.32. The molecule has 0 saturated heterocycles. The molecule has 1 aromatic rings. The molecule has 0 saturated carbocycles. The van der Waals surface area contributed by atoms with Gasteiger partial charge in [-0.25, -0.2) is 4.57 Å². The summed E-state index contributed by atoms with van der Waals surface area (Å²) in [7, 11) is 0.